The summed E-state index contributed by atoms with van der Waals surface area (Å²) in [6, 6.07) is 11.0. The average Bonchev–Trinajstić information content (AvgIpc) is 3.35. The Kier molecular flexibility index (Phi) is 6.23. The van der Waals surface area contributed by atoms with Crippen LogP contribution in [0.1, 0.15) is 56.9 Å². The Bertz CT molecular complexity index is 1460. The van der Waals surface area contributed by atoms with Gasteiger partial charge in [0.15, 0.2) is 0 Å². The Labute approximate surface area is 209 Å². The van der Waals surface area contributed by atoms with E-state index < -0.39 is 18.0 Å². The number of hydrogen-bond donors (Lipinski definition) is 3. The third-order valence-electron chi connectivity index (χ3n) is 6.16. The number of alkyl halides is 2. The first-order valence-electron chi connectivity index (χ1n) is 11.3. The van der Waals surface area contributed by atoms with Gasteiger partial charge in [-0.15, -0.1) is 11.3 Å². The number of thiazole rings is 1. The Morgan fingerprint density at radius 3 is 2.75 bits per heavy atom. The van der Waals surface area contributed by atoms with Crippen molar-refractivity contribution >= 4 is 28.9 Å². The Hall–Kier alpha value is -3.76. The lowest BCUT2D eigenvalue weighted by molar-refractivity contribution is 0.0607. The van der Waals surface area contributed by atoms with Gasteiger partial charge in [-0.3, -0.25) is 0 Å². The number of carboxylic acid groups (broad SMARTS) is 1. The van der Waals surface area contributed by atoms with Crippen LogP contribution in [0.25, 0.3) is 10.6 Å². The fourth-order valence-electron chi connectivity index (χ4n) is 4.45. The molecule has 0 radical (unpaired) electrons. The number of rotatable bonds is 6. The smallest absolute Gasteiger partial charge is 0.335 e. The number of fused-ring (bicyclic) bond motifs is 1. The van der Waals surface area contributed by atoms with Crippen LogP contribution in [0.15, 0.2) is 54.9 Å². The maximum atomic E-state index is 13.0. The minimum Gasteiger partial charge on any atom is -0.478 e. The van der Waals surface area contributed by atoms with E-state index in [9.17, 15) is 23.8 Å². The lowest BCUT2D eigenvalue weighted by atomic mass is 9.79. The third-order valence-corrected chi connectivity index (χ3v) is 7.33. The molecule has 10 heteroatoms. The second kappa shape index (κ2) is 9.36. The van der Waals surface area contributed by atoms with Gasteiger partial charge in [-0.1, -0.05) is 6.07 Å². The molecule has 3 N–H and O–H groups in total. The molecule has 0 aliphatic heterocycles. The maximum Gasteiger partial charge on any atom is 0.335 e. The molecule has 1 unspecified atom stereocenters. The summed E-state index contributed by atoms with van der Waals surface area (Å²) in [6.07, 6.45) is 2.23. The molecule has 5 rings (SSSR count). The highest BCUT2D eigenvalue weighted by molar-refractivity contribution is 7.15. The minimum atomic E-state index is -2.60. The summed E-state index contributed by atoms with van der Waals surface area (Å²) in [5.74, 6) is -0.299. The average molecular weight is 509 g/mol. The van der Waals surface area contributed by atoms with Gasteiger partial charge in [-0.25, -0.2) is 28.5 Å². The van der Waals surface area contributed by atoms with Crippen LogP contribution in [0.2, 0.25) is 0 Å². The molecule has 36 heavy (non-hydrogen) atoms. The monoisotopic (exact) mass is 508 g/mol. The van der Waals surface area contributed by atoms with Gasteiger partial charge in [0.25, 0.3) is 6.43 Å². The van der Waals surface area contributed by atoms with E-state index in [4.69, 9.17) is 0 Å². The molecule has 0 saturated heterocycles. The van der Waals surface area contributed by atoms with E-state index in [1.54, 1.807) is 24.4 Å². The van der Waals surface area contributed by atoms with Crippen molar-refractivity contribution in [2.45, 2.75) is 38.2 Å². The Morgan fingerprint density at radius 2 is 1.97 bits per heavy atom. The van der Waals surface area contributed by atoms with Crippen LogP contribution in [-0.4, -0.2) is 31.1 Å². The summed E-state index contributed by atoms with van der Waals surface area (Å²) < 4.78 is 26.1. The molecule has 3 aromatic heterocycles. The highest BCUT2D eigenvalue weighted by atomic mass is 32.1. The number of halogens is 2. The van der Waals surface area contributed by atoms with Crippen molar-refractivity contribution < 1.29 is 23.8 Å². The van der Waals surface area contributed by atoms with E-state index in [2.05, 4.69) is 20.3 Å². The topological polar surface area (TPSA) is 108 Å². The molecule has 7 nitrogen and oxygen atoms in total. The lowest BCUT2D eigenvalue weighted by Crippen LogP contribution is -2.32. The van der Waals surface area contributed by atoms with Crippen molar-refractivity contribution in [1.29, 1.82) is 0 Å². The normalized spacial score (nSPS) is 17.1. The molecule has 184 valence electrons. The molecule has 1 aliphatic carbocycles. The van der Waals surface area contributed by atoms with E-state index in [0.29, 0.717) is 41.3 Å². The van der Waals surface area contributed by atoms with Crippen molar-refractivity contribution in [3.63, 3.8) is 0 Å². The minimum absolute atomic E-state index is 0.135. The quantitative estimate of drug-likeness (QED) is 0.299. The van der Waals surface area contributed by atoms with Crippen LogP contribution in [-0.2, 0) is 12.0 Å². The fourth-order valence-corrected chi connectivity index (χ4v) is 5.46. The van der Waals surface area contributed by atoms with E-state index in [1.165, 1.54) is 35.7 Å². The molecular formula is C26H22F2N4O3S. The van der Waals surface area contributed by atoms with E-state index in [1.807, 2.05) is 13.0 Å². The highest BCUT2D eigenvalue weighted by Crippen LogP contribution is 2.43. The van der Waals surface area contributed by atoms with Gasteiger partial charge >= 0.3 is 5.97 Å². The number of carboxylic acids is 1. The van der Waals surface area contributed by atoms with Gasteiger partial charge in [0.2, 0.25) is 0 Å². The first-order valence-corrected chi connectivity index (χ1v) is 12.1. The van der Waals surface area contributed by atoms with E-state index >= 15 is 0 Å². The van der Waals surface area contributed by atoms with Crippen molar-refractivity contribution in [3.05, 3.63) is 87.7 Å². The summed E-state index contributed by atoms with van der Waals surface area (Å²) >= 11 is 1.31. The molecule has 4 aromatic rings. The molecule has 0 spiro atoms. The molecule has 1 aliphatic rings. The maximum absolute atomic E-state index is 13.0. The number of aromatic nitrogens is 3. The molecule has 3 heterocycles. The fraction of sp³-hybridized carbons (Fsp3) is 0.231. The van der Waals surface area contributed by atoms with Gasteiger partial charge in [0.05, 0.1) is 16.1 Å². The van der Waals surface area contributed by atoms with Gasteiger partial charge < -0.3 is 15.5 Å². The number of hydrogen-bond acceptors (Lipinski definition) is 7. The van der Waals surface area contributed by atoms with Crippen LogP contribution in [0.4, 0.5) is 20.4 Å². The predicted octanol–water partition coefficient (Wildman–Crippen LogP) is 5.86. The second-order valence-electron chi connectivity index (χ2n) is 8.74. The standard InChI is InChI=1S/C26H22F2N4O3S/c1-14-9-19(31-22(10-14)32-21-12-16(23(27)28)6-8-29-21)20-13-30-25(36-20)26(35)7-2-3-15-11-17(24(33)34)4-5-18(15)26/h4-6,8-13,23,35H,2-3,7H2,1H3,(H,33,34)(H,29,31,32). The predicted molar refractivity (Wildman–Crippen MR) is 132 cm³/mol. The van der Waals surface area contributed by atoms with Crippen LogP contribution < -0.4 is 5.32 Å². The molecular weight excluding hydrogens is 486 g/mol. The zero-order chi connectivity index (χ0) is 25.4. The summed E-state index contributed by atoms with van der Waals surface area (Å²) in [5.41, 5.74) is 1.72. The zero-order valence-electron chi connectivity index (χ0n) is 19.2. The van der Waals surface area contributed by atoms with E-state index in [-0.39, 0.29) is 16.9 Å². The van der Waals surface area contributed by atoms with E-state index in [0.717, 1.165) is 16.0 Å². The molecule has 1 aromatic carbocycles. The number of nitrogens with zero attached hydrogens (tertiary/aromatic N) is 3. The largest absolute Gasteiger partial charge is 0.478 e. The first-order chi connectivity index (χ1) is 17.2. The van der Waals surface area contributed by atoms with Crippen LogP contribution in [0.5, 0.6) is 0 Å². The number of aryl methyl sites for hydroxylation is 2. The Balaban J connectivity index is 1.46. The number of benzene rings is 1. The van der Waals surface area contributed by atoms with Gasteiger partial charge in [-0.2, -0.15) is 0 Å². The third kappa shape index (κ3) is 4.57. The second-order valence-corrected chi connectivity index (χ2v) is 9.77. The number of carbonyl (C=O) groups is 1. The van der Waals surface area contributed by atoms with Crippen molar-refractivity contribution in [3.8, 4) is 10.6 Å². The molecule has 0 amide bonds. The van der Waals surface area contributed by atoms with Crippen LogP contribution in [0.3, 0.4) is 0 Å². The molecule has 0 saturated carbocycles. The molecule has 0 bridgehead atoms. The Morgan fingerprint density at radius 1 is 1.14 bits per heavy atom. The number of anilines is 2. The summed E-state index contributed by atoms with van der Waals surface area (Å²) in [5, 5.41) is 24.5. The number of aliphatic hydroxyl groups is 1. The summed E-state index contributed by atoms with van der Waals surface area (Å²) in [7, 11) is 0. The van der Waals surface area contributed by atoms with Gasteiger partial charge in [0, 0.05) is 18.0 Å². The molecule has 0 fully saturated rings. The van der Waals surface area contributed by atoms with Crippen LogP contribution >= 0.6 is 11.3 Å². The van der Waals surface area contributed by atoms with Crippen molar-refractivity contribution in [1.82, 2.24) is 15.0 Å². The number of aromatic carboxylic acids is 1. The lowest BCUT2D eigenvalue weighted by Gasteiger charge is -2.33. The van der Waals surface area contributed by atoms with Gasteiger partial charge in [0.1, 0.15) is 22.2 Å². The number of pyridine rings is 2. The van der Waals surface area contributed by atoms with Crippen molar-refractivity contribution in [2.75, 3.05) is 5.32 Å². The van der Waals surface area contributed by atoms with Crippen LogP contribution in [0, 0.1) is 6.92 Å². The zero-order valence-corrected chi connectivity index (χ0v) is 20.0. The molecule has 1 atom stereocenters. The number of nitrogens with one attached hydrogen (secondary N) is 1. The van der Waals surface area contributed by atoms with Gasteiger partial charge in [-0.05, 0) is 79.3 Å². The highest BCUT2D eigenvalue weighted by Gasteiger charge is 2.39. The summed E-state index contributed by atoms with van der Waals surface area (Å²) in [4.78, 5) is 25.3. The SMILES string of the molecule is Cc1cc(Nc2cc(C(F)F)ccn2)nc(-c2cnc(C3(O)CCCc4cc(C(=O)O)ccc43)s2)c1. The summed E-state index contributed by atoms with van der Waals surface area (Å²) in [6.45, 7) is 1.90. The first kappa shape index (κ1) is 24.0. The van der Waals surface area contributed by atoms with Crippen molar-refractivity contribution in [2.24, 2.45) is 0 Å².